The van der Waals surface area contributed by atoms with Crippen LogP contribution in [0.5, 0.6) is 0 Å². The Morgan fingerprint density at radius 2 is 2.33 bits per heavy atom. The Morgan fingerprint density at radius 3 is 3.00 bits per heavy atom. The van der Waals surface area contributed by atoms with Crippen LogP contribution in [0.2, 0.25) is 0 Å². The molecule has 0 saturated heterocycles. The monoisotopic (exact) mass is 264 g/mol. The molecule has 0 atom stereocenters. The van der Waals surface area contributed by atoms with Gasteiger partial charge in [-0.05, 0) is 19.3 Å². The van der Waals surface area contributed by atoms with Gasteiger partial charge in [0.2, 0.25) is 11.0 Å². The molecule has 1 amide bonds. The molecule has 2 aromatic rings. The van der Waals surface area contributed by atoms with Crippen molar-refractivity contribution in [2.24, 2.45) is 0 Å². The molecule has 0 aromatic carbocycles. The number of nitrogens with one attached hydrogen (secondary N) is 2. The SMILES string of the molecule is CCc1nnc(NC(=O)c2n[nH]c(C3CC3)n2)s1. The summed E-state index contributed by atoms with van der Waals surface area (Å²) in [5.74, 6) is 1.06. The number of anilines is 1. The van der Waals surface area contributed by atoms with E-state index >= 15 is 0 Å². The Kier molecular flexibility index (Phi) is 2.78. The molecular formula is C10H12N6OS. The smallest absolute Gasteiger partial charge is 0.294 e. The number of amides is 1. The van der Waals surface area contributed by atoms with Crippen LogP contribution >= 0.6 is 11.3 Å². The van der Waals surface area contributed by atoms with Crippen molar-refractivity contribution < 1.29 is 4.79 Å². The van der Waals surface area contributed by atoms with Gasteiger partial charge in [0.05, 0.1) is 0 Å². The molecule has 2 N–H and O–H groups in total. The average Bonchev–Trinajstić information content (AvgIpc) is 2.93. The van der Waals surface area contributed by atoms with Crippen LogP contribution in [0.25, 0.3) is 0 Å². The molecule has 7 nitrogen and oxygen atoms in total. The van der Waals surface area contributed by atoms with Crippen molar-refractivity contribution >= 4 is 22.4 Å². The highest BCUT2D eigenvalue weighted by Gasteiger charge is 2.28. The summed E-state index contributed by atoms with van der Waals surface area (Å²) in [7, 11) is 0. The third kappa shape index (κ3) is 2.23. The summed E-state index contributed by atoms with van der Waals surface area (Å²) >= 11 is 1.36. The van der Waals surface area contributed by atoms with E-state index in [2.05, 4.69) is 30.7 Å². The van der Waals surface area contributed by atoms with Gasteiger partial charge in [-0.25, -0.2) is 4.98 Å². The van der Waals surface area contributed by atoms with Gasteiger partial charge >= 0.3 is 0 Å². The zero-order valence-corrected chi connectivity index (χ0v) is 10.6. The van der Waals surface area contributed by atoms with Gasteiger partial charge in [0.25, 0.3) is 5.91 Å². The van der Waals surface area contributed by atoms with E-state index in [1.807, 2.05) is 6.92 Å². The van der Waals surface area contributed by atoms with Gasteiger partial charge in [-0.1, -0.05) is 18.3 Å². The molecule has 1 aliphatic carbocycles. The molecule has 1 fully saturated rings. The van der Waals surface area contributed by atoms with Gasteiger partial charge < -0.3 is 0 Å². The lowest BCUT2D eigenvalue weighted by Crippen LogP contribution is -2.13. The van der Waals surface area contributed by atoms with Crippen LogP contribution in [0.1, 0.15) is 47.1 Å². The lowest BCUT2D eigenvalue weighted by atomic mass is 10.4. The fourth-order valence-electron chi connectivity index (χ4n) is 1.52. The van der Waals surface area contributed by atoms with E-state index in [4.69, 9.17) is 0 Å². The maximum atomic E-state index is 11.9. The fraction of sp³-hybridized carbons (Fsp3) is 0.500. The van der Waals surface area contributed by atoms with E-state index in [-0.39, 0.29) is 11.7 Å². The topological polar surface area (TPSA) is 96.5 Å². The van der Waals surface area contributed by atoms with E-state index in [0.717, 1.165) is 30.1 Å². The van der Waals surface area contributed by atoms with Crippen LogP contribution < -0.4 is 5.32 Å². The Hall–Kier alpha value is -1.83. The molecule has 0 radical (unpaired) electrons. The van der Waals surface area contributed by atoms with E-state index < -0.39 is 0 Å². The van der Waals surface area contributed by atoms with Crippen molar-refractivity contribution in [2.75, 3.05) is 5.32 Å². The number of H-pyrrole nitrogens is 1. The van der Waals surface area contributed by atoms with Gasteiger partial charge in [-0.3, -0.25) is 15.2 Å². The number of aromatic amines is 1. The first-order valence-corrected chi connectivity index (χ1v) is 6.64. The lowest BCUT2D eigenvalue weighted by Gasteiger charge is -1.94. The molecular weight excluding hydrogens is 252 g/mol. The largest absolute Gasteiger partial charge is 0.297 e. The number of rotatable bonds is 4. The number of aromatic nitrogens is 5. The molecule has 0 bridgehead atoms. The normalized spacial score (nSPS) is 14.7. The number of hydrogen-bond acceptors (Lipinski definition) is 6. The van der Waals surface area contributed by atoms with Crippen LogP contribution in [-0.4, -0.2) is 31.3 Å². The number of hydrogen-bond donors (Lipinski definition) is 2. The number of nitrogens with zero attached hydrogens (tertiary/aromatic N) is 4. The number of carbonyl (C=O) groups is 1. The molecule has 8 heteroatoms. The number of carbonyl (C=O) groups excluding carboxylic acids is 1. The summed E-state index contributed by atoms with van der Waals surface area (Å²) in [5.41, 5.74) is 0. The summed E-state index contributed by atoms with van der Waals surface area (Å²) < 4.78 is 0. The van der Waals surface area contributed by atoms with Crippen molar-refractivity contribution in [3.63, 3.8) is 0 Å². The van der Waals surface area contributed by atoms with Crippen LogP contribution in [-0.2, 0) is 6.42 Å². The first kappa shape index (κ1) is 11.3. The predicted molar refractivity (Wildman–Crippen MR) is 65.6 cm³/mol. The van der Waals surface area contributed by atoms with E-state index in [0.29, 0.717) is 11.0 Å². The molecule has 0 spiro atoms. The Balaban J connectivity index is 1.69. The highest BCUT2D eigenvalue weighted by Crippen LogP contribution is 2.37. The van der Waals surface area contributed by atoms with Gasteiger partial charge in [0.15, 0.2) is 0 Å². The van der Waals surface area contributed by atoms with E-state index in [1.54, 1.807) is 0 Å². The molecule has 0 aliphatic heterocycles. The van der Waals surface area contributed by atoms with E-state index in [1.165, 1.54) is 11.3 Å². The first-order valence-electron chi connectivity index (χ1n) is 5.82. The zero-order valence-electron chi connectivity index (χ0n) is 9.80. The maximum absolute atomic E-state index is 11.9. The molecule has 0 unspecified atom stereocenters. The minimum atomic E-state index is -0.350. The first-order chi connectivity index (χ1) is 8.76. The third-order valence-electron chi connectivity index (χ3n) is 2.66. The van der Waals surface area contributed by atoms with Crippen molar-refractivity contribution in [1.82, 2.24) is 25.4 Å². The molecule has 94 valence electrons. The van der Waals surface area contributed by atoms with Crippen LogP contribution in [0, 0.1) is 0 Å². The Bertz CT molecular complexity index is 572. The summed E-state index contributed by atoms with van der Waals surface area (Å²) in [6.45, 7) is 1.99. The minimum absolute atomic E-state index is 0.158. The average molecular weight is 264 g/mol. The van der Waals surface area contributed by atoms with Crippen LogP contribution in [0.3, 0.4) is 0 Å². The molecule has 2 aromatic heterocycles. The molecule has 2 heterocycles. The van der Waals surface area contributed by atoms with E-state index in [9.17, 15) is 4.79 Å². The summed E-state index contributed by atoms with van der Waals surface area (Å²) in [6.07, 6.45) is 3.04. The maximum Gasteiger partial charge on any atom is 0.297 e. The molecule has 18 heavy (non-hydrogen) atoms. The summed E-state index contributed by atoms with van der Waals surface area (Å²) in [4.78, 5) is 16.0. The quantitative estimate of drug-likeness (QED) is 0.868. The molecule has 1 aliphatic rings. The second-order valence-corrected chi connectivity index (χ2v) is 5.19. The summed E-state index contributed by atoms with van der Waals surface area (Å²) in [6, 6.07) is 0. The highest BCUT2D eigenvalue weighted by atomic mass is 32.1. The second kappa shape index (κ2) is 4.45. The van der Waals surface area contributed by atoms with Crippen molar-refractivity contribution in [2.45, 2.75) is 32.1 Å². The molecule has 1 saturated carbocycles. The lowest BCUT2D eigenvalue weighted by molar-refractivity contribution is 0.101. The van der Waals surface area contributed by atoms with Gasteiger partial charge in [-0.15, -0.1) is 15.3 Å². The van der Waals surface area contributed by atoms with Gasteiger partial charge in [-0.2, -0.15) is 0 Å². The number of aryl methyl sites for hydroxylation is 1. The Morgan fingerprint density at radius 1 is 1.50 bits per heavy atom. The molecule has 3 rings (SSSR count). The zero-order chi connectivity index (χ0) is 12.5. The van der Waals surface area contributed by atoms with Crippen molar-refractivity contribution in [1.29, 1.82) is 0 Å². The third-order valence-corrected chi connectivity index (χ3v) is 3.64. The van der Waals surface area contributed by atoms with Crippen LogP contribution in [0.4, 0.5) is 5.13 Å². The van der Waals surface area contributed by atoms with Gasteiger partial charge in [0, 0.05) is 5.92 Å². The predicted octanol–water partition coefficient (Wildman–Crippen LogP) is 1.35. The van der Waals surface area contributed by atoms with Crippen molar-refractivity contribution in [3.05, 3.63) is 16.7 Å². The Labute approximate surface area is 107 Å². The standard InChI is InChI=1S/C10H12N6OS/c1-2-6-13-16-10(18-6)12-9(17)8-11-7(14-15-8)5-3-4-5/h5H,2-4H2,1H3,(H,11,14,15)(H,12,16,17). The van der Waals surface area contributed by atoms with Gasteiger partial charge in [0.1, 0.15) is 10.8 Å². The minimum Gasteiger partial charge on any atom is -0.294 e. The van der Waals surface area contributed by atoms with Crippen LogP contribution in [0.15, 0.2) is 0 Å². The second-order valence-electron chi connectivity index (χ2n) is 4.13. The van der Waals surface area contributed by atoms with Crippen molar-refractivity contribution in [3.8, 4) is 0 Å². The fourth-order valence-corrected chi connectivity index (χ4v) is 2.19. The highest BCUT2D eigenvalue weighted by molar-refractivity contribution is 7.15. The summed E-state index contributed by atoms with van der Waals surface area (Å²) in [5, 5.41) is 18.5.